The number of hydrogen-bond acceptors (Lipinski definition) is 2. The van der Waals surface area contributed by atoms with E-state index >= 15 is 0 Å². The van der Waals surface area contributed by atoms with Crippen molar-refractivity contribution in [2.45, 2.75) is 33.1 Å². The molecule has 0 radical (unpaired) electrons. The van der Waals surface area contributed by atoms with Crippen LogP contribution in [0.3, 0.4) is 0 Å². The quantitative estimate of drug-likeness (QED) is 0.786. The Morgan fingerprint density at radius 3 is 2.75 bits per heavy atom. The average molecular weight is 216 g/mol. The second-order valence-electron chi connectivity index (χ2n) is 4.08. The Labute approximate surface area is 94.9 Å². The largest absolute Gasteiger partial charge is 0.461 e. The highest BCUT2D eigenvalue weighted by atomic mass is 16.3. The van der Waals surface area contributed by atoms with Gasteiger partial charge in [-0.15, -0.1) is 0 Å². The number of benzene rings is 1. The van der Waals surface area contributed by atoms with Crippen LogP contribution < -0.4 is 5.43 Å². The van der Waals surface area contributed by atoms with Crippen molar-refractivity contribution in [3.63, 3.8) is 0 Å². The highest BCUT2D eigenvalue weighted by molar-refractivity contribution is 5.76. The molecule has 0 saturated carbocycles. The first-order valence-corrected chi connectivity index (χ1v) is 5.75. The molecule has 0 atom stereocenters. The van der Waals surface area contributed by atoms with Crippen LogP contribution in [0, 0.1) is 6.92 Å². The Bertz CT molecular complexity index is 552. The molecule has 84 valence electrons. The summed E-state index contributed by atoms with van der Waals surface area (Å²) in [4.78, 5) is 12.1. The van der Waals surface area contributed by atoms with E-state index in [1.807, 2.05) is 31.2 Å². The topological polar surface area (TPSA) is 30.2 Å². The number of aryl methyl sites for hydroxylation is 1. The van der Waals surface area contributed by atoms with E-state index < -0.39 is 0 Å². The van der Waals surface area contributed by atoms with Gasteiger partial charge in [-0.1, -0.05) is 25.5 Å². The molecule has 0 unspecified atom stereocenters. The summed E-state index contributed by atoms with van der Waals surface area (Å²) in [6.45, 7) is 3.98. The molecule has 0 aliphatic heterocycles. The van der Waals surface area contributed by atoms with Crippen LogP contribution in [0.2, 0.25) is 0 Å². The van der Waals surface area contributed by atoms with Gasteiger partial charge in [0.1, 0.15) is 11.3 Å². The Morgan fingerprint density at radius 1 is 1.25 bits per heavy atom. The van der Waals surface area contributed by atoms with Gasteiger partial charge in [0.15, 0.2) is 5.43 Å². The van der Waals surface area contributed by atoms with E-state index in [0.717, 1.165) is 30.6 Å². The number of fused-ring (bicyclic) bond motifs is 1. The molecule has 2 aromatic rings. The van der Waals surface area contributed by atoms with Crippen molar-refractivity contribution in [1.82, 2.24) is 0 Å². The molecule has 0 saturated heterocycles. The number of unbranched alkanes of at least 4 members (excludes halogenated alkanes) is 1. The third-order valence-corrected chi connectivity index (χ3v) is 2.88. The van der Waals surface area contributed by atoms with Crippen molar-refractivity contribution in [3.05, 3.63) is 45.8 Å². The maximum absolute atomic E-state index is 12.1. The maximum Gasteiger partial charge on any atom is 0.195 e. The SMILES string of the molecule is CCCCc1oc2ccccc2c(=O)c1C. The Morgan fingerprint density at radius 2 is 2.00 bits per heavy atom. The molecule has 0 spiro atoms. The molecule has 2 nitrogen and oxygen atoms in total. The van der Waals surface area contributed by atoms with Gasteiger partial charge in [-0.2, -0.15) is 0 Å². The molecule has 0 fully saturated rings. The molecule has 0 N–H and O–H groups in total. The Kier molecular flexibility index (Phi) is 3.09. The normalized spacial score (nSPS) is 10.9. The fraction of sp³-hybridized carbons (Fsp3) is 0.357. The van der Waals surface area contributed by atoms with Gasteiger partial charge in [0.25, 0.3) is 0 Å². The highest BCUT2D eigenvalue weighted by Crippen LogP contribution is 2.16. The summed E-state index contributed by atoms with van der Waals surface area (Å²) >= 11 is 0. The minimum absolute atomic E-state index is 0.105. The molecule has 1 heterocycles. The van der Waals surface area contributed by atoms with Gasteiger partial charge in [0.2, 0.25) is 0 Å². The smallest absolute Gasteiger partial charge is 0.195 e. The van der Waals surface area contributed by atoms with Crippen molar-refractivity contribution >= 4 is 11.0 Å². The summed E-state index contributed by atoms with van der Waals surface area (Å²) in [5, 5.41) is 0.681. The Hall–Kier alpha value is -1.57. The van der Waals surface area contributed by atoms with E-state index in [1.54, 1.807) is 0 Å². The lowest BCUT2D eigenvalue weighted by atomic mass is 10.1. The van der Waals surface area contributed by atoms with E-state index in [0.29, 0.717) is 11.0 Å². The number of hydrogen-bond donors (Lipinski definition) is 0. The number of rotatable bonds is 3. The summed E-state index contributed by atoms with van der Waals surface area (Å²) in [5.41, 5.74) is 1.56. The summed E-state index contributed by atoms with van der Waals surface area (Å²) in [5.74, 6) is 0.838. The molecular weight excluding hydrogens is 200 g/mol. The van der Waals surface area contributed by atoms with Crippen molar-refractivity contribution in [1.29, 1.82) is 0 Å². The van der Waals surface area contributed by atoms with Crippen molar-refractivity contribution in [3.8, 4) is 0 Å². The standard InChI is InChI=1S/C14H16O2/c1-3-4-8-12-10(2)14(15)11-7-5-6-9-13(11)16-12/h5-7,9H,3-4,8H2,1-2H3. The predicted molar refractivity (Wildman–Crippen MR) is 65.8 cm³/mol. The molecule has 0 aliphatic rings. The molecule has 0 amide bonds. The number of para-hydroxylation sites is 1. The van der Waals surface area contributed by atoms with Crippen LogP contribution in [-0.2, 0) is 6.42 Å². The first-order chi connectivity index (χ1) is 7.74. The predicted octanol–water partition coefficient (Wildman–Crippen LogP) is 3.44. The zero-order valence-corrected chi connectivity index (χ0v) is 9.75. The molecule has 0 bridgehead atoms. The van der Waals surface area contributed by atoms with Gasteiger partial charge in [-0.25, -0.2) is 0 Å². The van der Waals surface area contributed by atoms with Gasteiger partial charge in [0.05, 0.1) is 5.39 Å². The summed E-state index contributed by atoms with van der Waals surface area (Å²) < 4.78 is 5.78. The fourth-order valence-electron chi connectivity index (χ4n) is 1.86. The van der Waals surface area contributed by atoms with E-state index in [4.69, 9.17) is 4.42 Å². The van der Waals surface area contributed by atoms with Crippen LogP contribution in [0.1, 0.15) is 31.1 Å². The van der Waals surface area contributed by atoms with Crippen LogP contribution in [0.25, 0.3) is 11.0 Å². The van der Waals surface area contributed by atoms with Crippen LogP contribution in [0.5, 0.6) is 0 Å². The van der Waals surface area contributed by atoms with Crippen LogP contribution >= 0.6 is 0 Å². The molecule has 0 aliphatic carbocycles. The second kappa shape index (κ2) is 4.52. The van der Waals surface area contributed by atoms with Crippen molar-refractivity contribution < 1.29 is 4.42 Å². The van der Waals surface area contributed by atoms with Gasteiger partial charge >= 0.3 is 0 Å². The van der Waals surface area contributed by atoms with Gasteiger partial charge in [0, 0.05) is 12.0 Å². The first kappa shape index (κ1) is 10.9. The van der Waals surface area contributed by atoms with E-state index in [-0.39, 0.29) is 5.43 Å². The lowest BCUT2D eigenvalue weighted by Crippen LogP contribution is -2.09. The maximum atomic E-state index is 12.1. The van der Waals surface area contributed by atoms with Crippen LogP contribution in [0.15, 0.2) is 33.5 Å². The second-order valence-corrected chi connectivity index (χ2v) is 4.08. The molecule has 1 aromatic carbocycles. The van der Waals surface area contributed by atoms with Crippen molar-refractivity contribution in [2.75, 3.05) is 0 Å². The van der Waals surface area contributed by atoms with Crippen molar-refractivity contribution in [2.24, 2.45) is 0 Å². The molecule has 2 rings (SSSR count). The van der Waals surface area contributed by atoms with Crippen LogP contribution in [-0.4, -0.2) is 0 Å². The van der Waals surface area contributed by atoms with Gasteiger partial charge < -0.3 is 4.42 Å². The lowest BCUT2D eigenvalue weighted by Gasteiger charge is -2.05. The zero-order valence-electron chi connectivity index (χ0n) is 9.75. The summed E-state index contributed by atoms with van der Waals surface area (Å²) in [6, 6.07) is 7.43. The van der Waals surface area contributed by atoms with E-state index in [1.165, 1.54) is 0 Å². The molecular formula is C14H16O2. The monoisotopic (exact) mass is 216 g/mol. The first-order valence-electron chi connectivity index (χ1n) is 5.75. The lowest BCUT2D eigenvalue weighted by molar-refractivity contribution is 0.518. The third kappa shape index (κ3) is 1.87. The highest BCUT2D eigenvalue weighted by Gasteiger charge is 2.09. The summed E-state index contributed by atoms with van der Waals surface area (Å²) in [7, 11) is 0. The van der Waals surface area contributed by atoms with Gasteiger partial charge in [-0.3, -0.25) is 4.79 Å². The summed E-state index contributed by atoms with van der Waals surface area (Å²) in [6.07, 6.45) is 3.01. The molecule has 2 heteroatoms. The third-order valence-electron chi connectivity index (χ3n) is 2.88. The zero-order chi connectivity index (χ0) is 11.5. The van der Waals surface area contributed by atoms with E-state index in [9.17, 15) is 4.79 Å². The molecule has 16 heavy (non-hydrogen) atoms. The average Bonchev–Trinajstić information content (AvgIpc) is 2.32. The minimum atomic E-state index is 0.105. The van der Waals surface area contributed by atoms with Gasteiger partial charge in [-0.05, 0) is 25.5 Å². The van der Waals surface area contributed by atoms with Crippen LogP contribution in [0.4, 0.5) is 0 Å². The molecule has 1 aromatic heterocycles. The minimum Gasteiger partial charge on any atom is -0.461 e. The van der Waals surface area contributed by atoms with E-state index in [2.05, 4.69) is 6.92 Å². The Balaban J connectivity index is 2.60. The fourth-order valence-corrected chi connectivity index (χ4v) is 1.86.